The zero-order chi connectivity index (χ0) is 24.5. The number of para-hydroxylation sites is 1. The molecule has 1 amide bonds. The van der Waals surface area contributed by atoms with Crippen molar-refractivity contribution in [2.45, 2.75) is 0 Å². The van der Waals surface area contributed by atoms with Crippen molar-refractivity contribution in [1.82, 2.24) is 19.4 Å². The minimum Gasteiger partial charge on any atom is -0.352 e. The van der Waals surface area contributed by atoms with Gasteiger partial charge in [-0.1, -0.05) is 60.1 Å². The molecule has 7 heteroatoms. The van der Waals surface area contributed by atoms with Gasteiger partial charge in [0.1, 0.15) is 12.1 Å². The van der Waals surface area contributed by atoms with Gasteiger partial charge in [0.15, 0.2) is 5.65 Å². The Balaban J connectivity index is 1.36. The van der Waals surface area contributed by atoms with Crippen molar-refractivity contribution >= 4 is 34.4 Å². The van der Waals surface area contributed by atoms with Gasteiger partial charge in [0, 0.05) is 54.2 Å². The molecule has 36 heavy (non-hydrogen) atoms. The van der Waals surface area contributed by atoms with E-state index in [1.807, 2.05) is 41.3 Å². The number of aromatic nitrogens is 3. The summed E-state index contributed by atoms with van der Waals surface area (Å²) >= 11 is 5.99. The first-order valence-electron chi connectivity index (χ1n) is 12.0. The van der Waals surface area contributed by atoms with Gasteiger partial charge in [-0.05, 0) is 42.0 Å². The molecule has 0 N–H and O–H groups in total. The Morgan fingerprint density at radius 3 is 2.14 bits per heavy atom. The maximum Gasteiger partial charge on any atom is 0.253 e. The molecule has 5 aromatic rings. The molecule has 6 rings (SSSR count). The predicted molar refractivity (Wildman–Crippen MR) is 144 cm³/mol. The number of benzene rings is 3. The smallest absolute Gasteiger partial charge is 0.253 e. The number of rotatable bonds is 4. The molecule has 1 aliphatic rings. The average Bonchev–Trinajstić information content (AvgIpc) is 3.34. The molecule has 1 saturated heterocycles. The summed E-state index contributed by atoms with van der Waals surface area (Å²) in [6, 6.07) is 27.7. The molecule has 2 aromatic heterocycles. The van der Waals surface area contributed by atoms with Gasteiger partial charge in [-0.25, -0.2) is 9.97 Å². The molecule has 178 valence electrons. The standard InChI is InChI=1S/C29H24ClN5O/c30-23-13-11-22(12-14-23)29(36)34-17-15-33(16-18-34)27-26-25(21-7-3-1-4-8-21)19-35(28(26)32-20-31-27)24-9-5-2-6-10-24/h1-14,19-20H,15-18H2. The first-order chi connectivity index (χ1) is 17.7. The molecular formula is C29H24ClN5O. The third-order valence-corrected chi connectivity index (χ3v) is 6.89. The minimum absolute atomic E-state index is 0.0272. The summed E-state index contributed by atoms with van der Waals surface area (Å²) in [5.74, 6) is 0.923. The number of fused-ring (bicyclic) bond motifs is 1. The van der Waals surface area contributed by atoms with E-state index in [2.05, 4.69) is 39.9 Å². The van der Waals surface area contributed by atoms with Crippen molar-refractivity contribution in [3.8, 4) is 16.8 Å². The van der Waals surface area contributed by atoms with E-state index in [-0.39, 0.29) is 5.91 Å². The monoisotopic (exact) mass is 493 g/mol. The lowest BCUT2D eigenvalue weighted by atomic mass is 10.1. The number of halogens is 1. The highest BCUT2D eigenvalue weighted by Crippen LogP contribution is 2.37. The van der Waals surface area contributed by atoms with Crippen LogP contribution >= 0.6 is 11.6 Å². The Morgan fingerprint density at radius 2 is 1.44 bits per heavy atom. The Bertz CT molecular complexity index is 1510. The van der Waals surface area contributed by atoms with Crippen molar-refractivity contribution in [3.05, 3.63) is 108 Å². The van der Waals surface area contributed by atoms with Gasteiger partial charge >= 0.3 is 0 Å². The number of anilines is 1. The van der Waals surface area contributed by atoms with E-state index in [4.69, 9.17) is 21.6 Å². The molecule has 6 nitrogen and oxygen atoms in total. The second kappa shape index (κ2) is 9.47. The highest BCUT2D eigenvalue weighted by molar-refractivity contribution is 6.30. The van der Waals surface area contributed by atoms with Crippen LogP contribution < -0.4 is 4.90 Å². The fourth-order valence-electron chi connectivity index (χ4n) is 4.80. The second-order valence-electron chi connectivity index (χ2n) is 8.80. The van der Waals surface area contributed by atoms with Crippen LogP contribution in [0.5, 0.6) is 0 Å². The highest BCUT2D eigenvalue weighted by Gasteiger charge is 2.26. The summed E-state index contributed by atoms with van der Waals surface area (Å²) in [6.45, 7) is 2.62. The maximum atomic E-state index is 13.0. The number of carbonyl (C=O) groups excluding carboxylic acids is 1. The van der Waals surface area contributed by atoms with E-state index >= 15 is 0 Å². The average molecular weight is 494 g/mol. The van der Waals surface area contributed by atoms with Crippen molar-refractivity contribution in [3.63, 3.8) is 0 Å². The molecule has 3 aromatic carbocycles. The number of piperazine rings is 1. The third-order valence-electron chi connectivity index (χ3n) is 6.64. The predicted octanol–water partition coefficient (Wildman–Crippen LogP) is 5.70. The molecule has 0 aliphatic carbocycles. The molecule has 0 saturated carbocycles. The highest BCUT2D eigenvalue weighted by atomic mass is 35.5. The van der Waals surface area contributed by atoms with Gasteiger partial charge in [-0.3, -0.25) is 4.79 Å². The summed E-state index contributed by atoms with van der Waals surface area (Å²) in [5, 5.41) is 1.64. The first-order valence-corrected chi connectivity index (χ1v) is 12.3. The summed E-state index contributed by atoms with van der Waals surface area (Å²) in [7, 11) is 0. The summed E-state index contributed by atoms with van der Waals surface area (Å²) < 4.78 is 2.13. The van der Waals surface area contributed by atoms with Gasteiger partial charge < -0.3 is 14.4 Å². The lowest BCUT2D eigenvalue weighted by Gasteiger charge is -2.35. The molecule has 0 radical (unpaired) electrons. The van der Waals surface area contributed by atoms with Crippen LogP contribution in [-0.2, 0) is 0 Å². The molecule has 3 heterocycles. The molecule has 0 bridgehead atoms. The minimum atomic E-state index is 0.0272. The Labute approximate surface area is 214 Å². The van der Waals surface area contributed by atoms with E-state index in [0.29, 0.717) is 36.8 Å². The summed E-state index contributed by atoms with van der Waals surface area (Å²) in [4.78, 5) is 26.6. The topological polar surface area (TPSA) is 54.3 Å². The third kappa shape index (κ3) is 4.10. The fourth-order valence-corrected chi connectivity index (χ4v) is 4.93. The van der Waals surface area contributed by atoms with Crippen LogP contribution in [0.15, 0.2) is 97.5 Å². The van der Waals surface area contributed by atoms with Gasteiger partial charge in [0.05, 0.1) is 5.39 Å². The number of hydrogen-bond donors (Lipinski definition) is 0. The molecule has 1 fully saturated rings. The second-order valence-corrected chi connectivity index (χ2v) is 9.23. The van der Waals surface area contributed by atoms with Crippen LogP contribution in [0.3, 0.4) is 0 Å². The zero-order valence-electron chi connectivity index (χ0n) is 19.6. The van der Waals surface area contributed by atoms with Crippen molar-refractivity contribution in [2.24, 2.45) is 0 Å². The largest absolute Gasteiger partial charge is 0.352 e. The fraction of sp³-hybridized carbons (Fsp3) is 0.138. The van der Waals surface area contributed by atoms with Gasteiger partial charge in [0.2, 0.25) is 0 Å². The summed E-state index contributed by atoms with van der Waals surface area (Å²) in [6.07, 6.45) is 3.78. The van der Waals surface area contributed by atoms with Crippen LogP contribution in [0.25, 0.3) is 27.8 Å². The van der Waals surface area contributed by atoms with E-state index in [0.717, 1.165) is 33.7 Å². The van der Waals surface area contributed by atoms with Gasteiger partial charge in [-0.15, -0.1) is 0 Å². The molecule has 0 atom stereocenters. The van der Waals surface area contributed by atoms with E-state index in [1.54, 1.807) is 30.6 Å². The Morgan fingerprint density at radius 1 is 0.778 bits per heavy atom. The van der Waals surface area contributed by atoms with Crippen molar-refractivity contribution in [1.29, 1.82) is 0 Å². The molecule has 0 spiro atoms. The number of carbonyl (C=O) groups is 1. The van der Waals surface area contributed by atoms with Gasteiger partial charge in [0.25, 0.3) is 5.91 Å². The molecule has 0 unspecified atom stereocenters. The van der Waals surface area contributed by atoms with Crippen molar-refractivity contribution < 1.29 is 4.79 Å². The van der Waals surface area contributed by atoms with E-state index < -0.39 is 0 Å². The van der Waals surface area contributed by atoms with E-state index in [1.165, 1.54) is 0 Å². The van der Waals surface area contributed by atoms with Crippen LogP contribution in [-0.4, -0.2) is 51.5 Å². The maximum absolute atomic E-state index is 13.0. The lowest BCUT2D eigenvalue weighted by molar-refractivity contribution is 0.0746. The Hall–Kier alpha value is -4.16. The van der Waals surface area contributed by atoms with Crippen LogP contribution in [0.2, 0.25) is 5.02 Å². The molecular weight excluding hydrogens is 470 g/mol. The van der Waals surface area contributed by atoms with Gasteiger partial charge in [-0.2, -0.15) is 0 Å². The number of amides is 1. The molecule has 1 aliphatic heterocycles. The SMILES string of the molecule is O=C(c1ccc(Cl)cc1)N1CCN(c2ncnc3c2c(-c2ccccc2)cn3-c2ccccc2)CC1. The normalized spacial score (nSPS) is 13.8. The number of nitrogens with zero attached hydrogens (tertiary/aromatic N) is 5. The summed E-state index contributed by atoms with van der Waals surface area (Å²) in [5.41, 5.74) is 4.77. The number of hydrogen-bond acceptors (Lipinski definition) is 4. The first kappa shape index (κ1) is 22.3. The van der Waals surface area contributed by atoms with Crippen LogP contribution in [0, 0.1) is 0 Å². The lowest BCUT2D eigenvalue weighted by Crippen LogP contribution is -2.49. The zero-order valence-corrected chi connectivity index (χ0v) is 20.3. The van der Waals surface area contributed by atoms with Crippen molar-refractivity contribution in [2.75, 3.05) is 31.1 Å². The van der Waals surface area contributed by atoms with Crippen LogP contribution in [0.4, 0.5) is 5.82 Å². The van der Waals surface area contributed by atoms with Crippen LogP contribution in [0.1, 0.15) is 10.4 Å². The Kier molecular flexibility index (Phi) is 5.87. The quantitative estimate of drug-likeness (QED) is 0.322. The van der Waals surface area contributed by atoms with E-state index in [9.17, 15) is 4.79 Å².